The lowest BCUT2D eigenvalue weighted by Crippen LogP contribution is -2.42. The number of rotatable bonds is 30. The summed E-state index contributed by atoms with van der Waals surface area (Å²) in [6.07, 6.45) is 11.6. The van der Waals surface area contributed by atoms with Gasteiger partial charge in [-0.15, -0.1) is 39.5 Å². The highest BCUT2D eigenvalue weighted by Crippen LogP contribution is 2.22. The minimum absolute atomic E-state index is 0.0955. The van der Waals surface area contributed by atoms with Gasteiger partial charge in [0.15, 0.2) is 0 Å². The molecule has 0 amide bonds. The topological polar surface area (TPSA) is 108 Å². The highest BCUT2D eigenvalue weighted by molar-refractivity contribution is 5.91. The van der Waals surface area contributed by atoms with Crippen LogP contribution in [0.1, 0.15) is 0 Å². The standard InChI is InChI=1S/C32H48O10/c1-7-15-35-21-31(22-36-16-8-2,23-37-17-9-3)27-41-29(33)13-14-30(34)42-28-32(24-38-18-10-4,25-39-19-11-5)26-40-20-12-6/h7-14H,1-6,15-28H2/b14-13+. The molecule has 0 unspecified atom stereocenters. The van der Waals surface area contributed by atoms with Crippen molar-refractivity contribution in [2.24, 2.45) is 10.8 Å². The second kappa shape index (κ2) is 25.6. The Balaban J connectivity index is 5.39. The maximum atomic E-state index is 12.5. The minimum atomic E-state index is -0.818. The highest BCUT2D eigenvalue weighted by atomic mass is 16.6. The molecule has 0 saturated heterocycles. The molecule has 0 aromatic heterocycles. The second-order valence-corrected chi connectivity index (χ2v) is 9.37. The Hall–Kier alpha value is -3.12. The van der Waals surface area contributed by atoms with Gasteiger partial charge >= 0.3 is 11.9 Å². The summed E-state index contributed by atoms with van der Waals surface area (Å²) in [5, 5.41) is 0. The van der Waals surface area contributed by atoms with Crippen molar-refractivity contribution in [2.45, 2.75) is 0 Å². The molecule has 0 aromatic rings. The molecule has 0 aliphatic heterocycles. The first kappa shape index (κ1) is 38.9. The van der Waals surface area contributed by atoms with Gasteiger partial charge in [0.1, 0.15) is 13.2 Å². The Morgan fingerprint density at radius 2 is 0.619 bits per heavy atom. The average Bonchev–Trinajstić information content (AvgIpc) is 2.98. The van der Waals surface area contributed by atoms with Crippen molar-refractivity contribution >= 4 is 11.9 Å². The first-order valence-electron chi connectivity index (χ1n) is 13.5. The molecular formula is C32H48O10. The molecule has 0 N–H and O–H groups in total. The smallest absolute Gasteiger partial charge is 0.331 e. The highest BCUT2D eigenvalue weighted by Gasteiger charge is 2.35. The van der Waals surface area contributed by atoms with E-state index in [-0.39, 0.29) is 52.9 Å². The molecule has 10 heteroatoms. The van der Waals surface area contributed by atoms with Crippen molar-refractivity contribution in [1.82, 2.24) is 0 Å². The monoisotopic (exact) mass is 592 g/mol. The van der Waals surface area contributed by atoms with Gasteiger partial charge in [-0.05, 0) is 0 Å². The molecule has 0 heterocycles. The predicted molar refractivity (Wildman–Crippen MR) is 162 cm³/mol. The molecule has 0 atom stereocenters. The maximum absolute atomic E-state index is 12.5. The van der Waals surface area contributed by atoms with Crippen LogP contribution in [-0.4, -0.2) is 104 Å². The maximum Gasteiger partial charge on any atom is 0.331 e. The molecule has 0 spiro atoms. The van der Waals surface area contributed by atoms with E-state index in [1.54, 1.807) is 36.5 Å². The molecule has 236 valence electrons. The zero-order valence-corrected chi connectivity index (χ0v) is 24.8. The third kappa shape index (κ3) is 19.1. The van der Waals surface area contributed by atoms with Gasteiger partial charge in [-0.1, -0.05) is 36.5 Å². The third-order valence-electron chi connectivity index (χ3n) is 5.26. The van der Waals surface area contributed by atoms with Crippen molar-refractivity contribution in [1.29, 1.82) is 0 Å². The lowest BCUT2D eigenvalue weighted by Gasteiger charge is -2.32. The van der Waals surface area contributed by atoms with Gasteiger partial charge < -0.3 is 37.9 Å². The van der Waals surface area contributed by atoms with Crippen molar-refractivity contribution in [3.63, 3.8) is 0 Å². The van der Waals surface area contributed by atoms with Gasteiger partial charge in [-0.25, -0.2) is 9.59 Å². The fourth-order valence-electron chi connectivity index (χ4n) is 3.33. The molecule has 0 radical (unpaired) electrons. The predicted octanol–water partition coefficient (Wildman–Crippen LogP) is 3.82. The van der Waals surface area contributed by atoms with E-state index in [2.05, 4.69) is 39.5 Å². The van der Waals surface area contributed by atoms with E-state index in [9.17, 15) is 9.59 Å². The van der Waals surface area contributed by atoms with Gasteiger partial charge in [0.2, 0.25) is 0 Å². The Morgan fingerprint density at radius 1 is 0.405 bits per heavy atom. The van der Waals surface area contributed by atoms with Gasteiger partial charge in [0.25, 0.3) is 0 Å². The number of hydrogen-bond donors (Lipinski definition) is 0. The van der Waals surface area contributed by atoms with Gasteiger partial charge in [-0.3, -0.25) is 0 Å². The molecule has 0 saturated carbocycles. The van der Waals surface area contributed by atoms with E-state index >= 15 is 0 Å². The van der Waals surface area contributed by atoms with Crippen LogP contribution in [0.5, 0.6) is 0 Å². The van der Waals surface area contributed by atoms with Crippen molar-refractivity contribution in [3.8, 4) is 0 Å². The second-order valence-electron chi connectivity index (χ2n) is 9.37. The molecule has 42 heavy (non-hydrogen) atoms. The number of ether oxygens (including phenoxy) is 8. The van der Waals surface area contributed by atoms with Gasteiger partial charge in [-0.2, -0.15) is 0 Å². The lowest BCUT2D eigenvalue weighted by atomic mass is 9.92. The molecule has 0 aliphatic rings. The van der Waals surface area contributed by atoms with Crippen molar-refractivity contribution in [3.05, 3.63) is 88.1 Å². The van der Waals surface area contributed by atoms with E-state index in [4.69, 9.17) is 37.9 Å². The zero-order valence-electron chi connectivity index (χ0n) is 24.8. The number of carbonyl (C=O) groups is 2. The van der Waals surface area contributed by atoms with Crippen LogP contribution in [0.4, 0.5) is 0 Å². The van der Waals surface area contributed by atoms with Crippen LogP contribution < -0.4 is 0 Å². The summed E-state index contributed by atoms with van der Waals surface area (Å²) >= 11 is 0. The summed E-state index contributed by atoms with van der Waals surface area (Å²) in [5.41, 5.74) is -1.64. The van der Waals surface area contributed by atoms with Crippen molar-refractivity contribution < 1.29 is 47.5 Å². The number of carbonyl (C=O) groups excluding carboxylic acids is 2. The SMILES string of the molecule is C=CCOCC(COCC=C)(COCC=C)COC(=O)/C=C/C(=O)OCC(COCC=C)(COCC=C)COCC=C. The first-order chi connectivity index (χ1) is 20.4. The third-order valence-corrected chi connectivity index (χ3v) is 5.26. The Labute approximate surface area is 250 Å². The Bertz CT molecular complexity index is 708. The largest absolute Gasteiger partial charge is 0.462 e. The average molecular weight is 593 g/mol. The summed E-state index contributed by atoms with van der Waals surface area (Å²) in [4.78, 5) is 25.1. The number of hydrogen-bond acceptors (Lipinski definition) is 10. The minimum Gasteiger partial charge on any atom is -0.462 e. The van der Waals surface area contributed by atoms with E-state index in [0.29, 0.717) is 39.6 Å². The van der Waals surface area contributed by atoms with Crippen LogP contribution in [0, 0.1) is 10.8 Å². The van der Waals surface area contributed by atoms with Crippen LogP contribution in [0.2, 0.25) is 0 Å². The molecule has 0 aliphatic carbocycles. The van der Waals surface area contributed by atoms with E-state index in [1.807, 2.05) is 0 Å². The van der Waals surface area contributed by atoms with Crippen LogP contribution in [0.15, 0.2) is 88.1 Å². The molecule has 0 aromatic carbocycles. The molecule has 0 fully saturated rings. The Kier molecular flexibility index (Phi) is 23.7. The fraction of sp³-hybridized carbons (Fsp3) is 0.500. The fourth-order valence-corrected chi connectivity index (χ4v) is 3.33. The Morgan fingerprint density at radius 3 is 0.810 bits per heavy atom. The van der Waals surface area contributed by atoms with Crippen LogP contribution in [-0.2, 0) is 47.5 Å². The van der Waals surface area contributed by atoms with Crippen LogP contribution in [0.25, 0.3) is 0 Å². The molecule has 0 rings (SSSR count). The van der Waals surface area contributed by atoms with E-state index in [1.165, 1.54) is 0 Å². The molecule has 0 bridgehead atoms. The zero-order chi connectivity index (χ0) is 31.4. The van der Waals surface area contributed by atoms with Crippen LogP contribution in [0.3, 0.4) is 0 Å². The van der Waals surface area contributed by atoms with Crippen molar-refractivity contribution in [2.75, 3.05) is 92.5 Å². The number of esters is 2. The van der Waals surface area contributed by atoms with E-state index < -0.39 is 22.8 Å². The van der Waals surface area contributed by atoms with Gasteiger partial charge in [0, 0.05) is 12.2 Å². The normalized spacial score (nSPS) is 11.5. The first-order valence-corrected chi connectivity index (χ1v) is 13.5. The van der Waals surface area contributed by atoms with Crippen LogP contribution >= 0.6 is 0 Å². The summed E-state index contributed by atoms with van der Waals surface area (Å²) in [5.74, 6) is -1.51. The summed E-state index contributed by atoms with van der Waals surface area (Å²) < 4.78 is 44.8. The summed E-state index contributed by atoms with van der Waals surface area (Å²) in [7, 11) is 0. The summed E-state index contributed by atoms with van der Waals surface area (Å²) in [6, 6.07) is 0. The quantitative estimate of drug-likeness (QED) is 0.0529. The lowest BCUT2D eigenvalue weighted by molar-refractivity contribution is -0.151. The van der Waals surface area contributed by atoms with E-state index in [0.717, 1.165) is 12.2 Å². The molecule has 10 nitrogen and oxygen atoms in total. The molecular weight excluding hydrogens is 544 g/mol. The van der Waals surface area contributed by atoms with Gasteiger partial charge in [0.05, 0.1) is 90.1 Å². The summed E-state index contributed by atoms with van der Waals surface area (Å²) in [6.45, 7) is 24.5.